The molecular weight excluding hydrogens is 252 g/mol. The van der Waals surface area contributed by atoms with E-state index >= 15 is 0 Å². The number of likely N-dealkylation sites (N-methyl/N-ethyl adjacent to an activating group) is 1. The molecule has 1 unspecified atom stereocenters. The second kappa shape index (κ2) is 5.49. The van der Waals surface area contributed by atoms with E-state index in [1.165, 1.54) is 0 Å². The maximum atomic E-state index is 11.6. The first kappa shape index (κ1) is 13.0. The van der Waals surface area contributed by atoms with Gasteiger partial charge in [-0.2, -0.15) is 0 Å². The van der Waals surface area contributed by atoms with Crippen molar-refractivity contribution in [1.29, 1.82) is 0 Å². The van der Waals surface area contributed by atoms with E-state index < -0.39 is 12.0 Å². The van der Waals surface area contributed by atoms with E-state index in [2.05, 4.69) is 5.32 Å². The van der Waals surface area contributed by atoms with Crippen LogP contribution in [0.15, 0.2) is 11.4 Å². The van der Waals surface area contributed by atoms with Crippen LogP contribution in [0.3, 0.4) is 0 Å². The normalized spacial score (nSPS) is 19.3. The third-order valence-electron chi connectivity index (χ3n) is 3.02. The van der Waals surface area contributed by atoms with Crippen LogP contribution in [0, 0.1) is 0 Å². The monoisotopic (exact) mass is 268 g/mol. The van der Waals surface area contributed by atoms with Crippen molar-refractivity contribution in [3.8, 4) is 0 Å². The molecule has 0 aliphatic carbocycles. The Labute approximate surface area is 109 Å². The summed E-state index contributed by atoms with van der Waals surface area (Å²) in [6.07, 6.45) is 0.816. The fourth-order valence-corrected chi connectivity index (χ4v) is 3.17. The van der Waals surface area contributed by atoms with Gasteiger partial charge in [-0.3, -0.25) is 14.5 Å². The Morgan fingerprint density at radius 2 is 2.39 bits per heavy atom. The van der Waals surface area contributed by atoms with Crippen molar-refractivity contribution in [3.05, 3.63) is 21.9 Å². The molecule has 0 saturated carbocycles. The van der Waals surface area contributed by atoms with E-state index in [1.807, 2.05) is 18.4 Å². The fourth-order valence-electron chi connectivity index (χ4n) is 2.27. The van der Waals surface area contributed by atoms with Crippen LogP contribution in [-0.2, 0) is 16.0 Å². The fraction of sp³-hybridized carbons (Fsp3) is 0.500. The van der Waals surface area contributed by atoms with Crippen LogP contribution in [0.2, 0.25) is 0 Å². The van der Waals surface area contributed by atoms with Gasteiger partial charge in [0.25, 0.3) is 0 Å². The summed E-state index contributed by atoms with van der Waals surface area (Å²) in [6.45, 7) is 3.16. The first-order chi connectivity index (χ1) is 8.63. The Balaban J connectivity index is 2.17. The van der Waals surface area contributed by atoms with Crippen molar-refractivity contribution < 1.29 is 14.7 Å². The maximum Gasteiger partial charge on any atom is 0.325 e. The summed E-state index contributed by atoms with van der Waals surface area (Å²) >= 11 is 1.59. The van der Waals surface area contributed by atoms with Gasteiger partial charge in [0.05, 0.1) is 6.54 Å². The molecule has 0 spiro atoms. The summed E-state index contributed by atoms with van der Waals surface area (Å²) < 4.78 is 0. The largest absolute Gasteiger partial charge is 0.480 e. The average Bonchev–Trinajstić information content (AvgIpc) is 2.76. The van der Waals surface area contributed by atoms with Gasteiger partial charge >= 0.3 is 5.97 Å². The Morgan fingerprint density at radius 1 is 1.61 bits per heavy atom. The molecule has 1 amide bonds. The summed E-state index contributed by atoms with van der Waals surface area (Å²) in [7, 11) is 0. The van der Waals surface area contributed by atoms with Crippen molar-refractivity contribution in [2.45, 2.75) is 19.4 Å². The number of carbonyl (C=O) groups is 2. The molecule has 0 fully saturated rings. The van der Waals surface area contributed by atoms with Crippen LogP contribution in [0.1, 0.15) is 23.4 Å². The lowest BCUT2D eigenvalue weighted by molar-refractivity contribution is -0.144. The molecule has 5 nitrogen and oxygen atoms in total. The SMILES string of the molecule is CCNC(=O)CN1CCc2sccc2C1C(=O)O. The topological polar surface area (TPSA) is 69.6 Å². The number of rotatable bonds is 4. The van der Waals surface area contributed by atoms with E-state index in [4.69, 9.17) is 0 Å². The number of carboxylic acids is 1. The number of thiophene rings is 1. The van der Waals surface area contributed by atoms with Gasteiger partial charge in [0.2, 0.25) is 5.91 Å². The molecule has 2 N–H and O–H groups in total. The predicted molar refractivity (Wildman–Crippen MR) is 68.7 cm³/mol. The van der Waals surface area contributed by atoms with E-state index in [-0.39, 0.29) is 12.5 Å². The zero-order valence-electron chi connectivity index (χ0n) is 10.2. The lowest BCUT2D eigenvalue weighted by atomic mass is 10.00. The molecule has 6 heteroatoms. The van der Waals surface area contributed by atoms with Gasteiger partial charge in [-0.15, -0.1) is 11.3 Å². The number of fused-ring (bicyclic) bond motifs is 1. The Hall–Kier alpha value is -1.40. The minimum atomic E-state index is -0.890. The van der Waals surface area contributed by atoms with Crippen LogP contribution in [0.5, 0.6) is 0 Å². The van der Waals surface area contributed by atoms with Gasteiger partial charge in [-0.05, 0) is 30.4 Å². The maximum absolute atomic E-state index is 11.6. The summed E-state index contributed by atoms with van der Waals surface area (Å²) in [5.74, 6) is -1.01. The number of hydrogen-bond acceptors (Lipinski definition) is 4. The second-order valence-electron chi connectivity index (χ2n) is 4.21. The molecule has 2 heterocycles. The van der Waals surface area contributed by atoms with Gasteiger partial charge in [-0.1, -0.05) is 0 Å². The first-order valence-electron chi connectivity index (χ1n) is 5.93. The van der Waals surface area contributed by atoms with Crippen LogP contribution in [-0.4, -0.2) is 41.5 Å². The van der Waals surface area contributed by atoms with E-state index in [0.717, 1.165) is 16.9 Å². The molecule has 0 saturated heterocycles. The second-order valence-corrected chi connectivity index (χ2v) is 5.21. The number of carbonyl (C=O) groups excluding carboxylic acids is 1. The van der Waals surface area contributed by atoms with E-state index in [0.29, 0.717) is 13.1 Å². The molecule has 98 valence electrons. The Bertz CT molecular complexity index is 458. The van der Waals surface area contributed by atoms with Gasteiger partial charge in [-0.25, -0.2) is 0 Å². The molecule has 1 aromatic rings. The van der Waals surface area contributed by atoms with Crippen LogP contribution >= 0.6 is 11.3 Å². The lowest BCUT2D eigenvalue weighted by Gasteiger charge is -2.32. The minimum Gasteiger partial charge on any atom is -0.480 e. The summed E-state index contributed by atoms with van der Waals surface area (Å²) in [6, 6.07) is 1.16. The molecule has 1 aliphatic heterocycles. The molecule has 0 radical (unpaired) electrons. The average molecular weight is 268 g/mol. The van der Waals surface area contributed by atoms with Gasteiger partial charge in [0, 0.05) is 18.0 Å². The summed E-state index contributed by atoms with van der Waals surface area (Å²) in [5, 5.41) is 14.0. The van der Waals surface area contributed by atoms with Crippen molar-refractivity contribution in [2.24, 2.45) is 0 Å². The number of aliphatic carboxylic acids is 1. The molecule has 2 rings (SSSR count). The highest BCUT2D eigenvalue weighted by Gasteiger charge is 2.34. The molecule has 1 aliphatic rings. The summed E-state index contributed by atoms with van der Waals surface area (Å²) in [5.41, 5.74) is 0.836. The van der Waals surface area contributed by atoms with Crippen LogP contribution in [0.25, 0.3) is 0 Å². The molecule has 1 aromatic heterocycles. The van der Waals surface area contributed by atoms with Crippen molar-refractivity contribution in [2.75, 3.05) is 19.6 Å². The zero-order chi connectivity index (χ0) is 13.1. The van der Waals surface area contributed by atoms with Crippen LogP contribution in [0.4, 0.5) is 0 Å². The van der Waals surface area contributed by atoms with Crippen molar-refractivity contribution in [1.82, 2.24) is 10.2 Å². The van der Waals surface area contributed by atoms with Crippen molar-refractivity contribution >= 4 is 23.2 Å². The highest BCUT2D eigenvalue weighted by Crippen LogP contribution is 2.33. The third kappa shape index (κ3) is 2.54. The Kier molecular flexibility index (Phi) is 3.98. The minimum absolute atomic E-state index is 0.123. The zero-order valence-corrected chi connectivity index (χ0v) is 11.0. The highest BCUT2D eigenvalue weighted by molar-refractivity contribution is 7.10. The molecular formula is C12H16N2O3S. The quantitative estimate of drug-likeness (QED) is 0.850. The molecule has 1 atom stereocenters. The van der Waals surface area contributed by atoms with Crippen molar-refractivity contribution in [3.63, 3.8) is 0 Å². The molecule has 0 aromatic carbocycles. The van der Waals surface area contributed by atoms with E-state index in [9.17, 15) is 14.7 Å². The predicted octanol–water partition coefficient (Wildman–Crippen LogP) is 0.868. The van der Waals surface area contributed by atoms with E-state index in [1.54, 1.807) is 16.2 Å². The number of hydrogen-bond donors (Lipinski definition) is 2. The molecule has 18 heavy (non-hydrogen) atoms. The number of amides is 1. The van der Waals surface area contributed by atoms with Gasteiger partial charge in [0.15, 0.2) is 0 Å². The van der Waals surface area contributed by atoms with Crippen LogP contribution < -0.4 is 5.32 Å². The van der Waals surface area contributed by atoms with Gasteiger partial charge < -0.3 is 10.4 Å². The lowest BCUT2D eigenvalue weighted by Crippen LogP contribution is -2.44. The third-order valence-corrected chi connectivity index (χ3v) is 4.02. The van der Waals surface area contributed by atoms with Gasteiger partial charge in [0.1, 0.15) is 6.04 Å². The first-order valence-corrected chi connectivity index (χ1v) is 6.81. The smallest absolute Gasteiger partial charge is 0.325 e. The standard InChI is InChI=1S/C12H16N2O3S/c1-2-13-10(15)7-14-5-3-9-8(4-6-18-9)11(14)12(16)17/h4,6,11H,2-3,5,7H2,1H3,(H,13,15)(H,16,17). The molecule has 0 bridgehead atoms. The number of nitrogens with one attached hydrogen (secondary N) is 1. The Morgan fingerprint density at radius 3 is 3.06 bits per heavy atom. The summed E-state index contributed by atoms with van der Waals surface area (Å²) in [4.78, 5) is 25.8. The number of nitrogens with zero attached hydrogens (tertiary/aromatic N) is 1. The highest BCUT2D eigenvalue weighted by atomic mass is 32.1. The number of carboxylic acid groups (broad SMARTS) is 1.